The highest BCUT2D eigenvalue weighted by atomic mass is 16.2. The number of piperidine rings is 1. The number of carbonyl (C=O) groups is 1. The van der Waals surface area contributed by atoms with Gasteiger partial charge in [-0.05, 0) is 39.8 Å². The minimum atomic E-state index is 0.217. The Morgan fingerprint density at radius 1 is 1.18 bits per heavy atom. The van der Waals surface area contributed by atoms with Crippen LogP contribution in [0.25, 0.3) is 0 Å². The van der Waals surface area contributed by atoms with Gasteiger partial charge in [-0.3, -0.25) is 4.79 Å². The summed E-state index contributed by atoms with van der Waals surface area (Å²) in [5.74, 6) is 0.592. The van der Waals surface area contributed by atoms with Gasteiger partial charge in [0.1, 0.15) is 0 Å². The van der Waals surface area contributed by atoms with Crippen molar-refractivity contribution < 1.29 is 4.79 Å². The number of carbonyl (C=O) groups excluding carboxylic acids is 1. The van der Waals surface area contributed by atoms with Gasteiger partial charge < -0.3 is 15.1 Å². The Kier molecular flexibility index (Phi) is 4.40. The second-order valence-electron chi connectivity index (χ2n) is 5.57. The average molecular weight is 239 g/mol. The van der Waals surface area contributed by atoms with E-state index < -0.39 is 0 Å². The molecule has 0 spiro atoms. The second kappa shape index (κ2) is 5.83. The summed E-state index contributed by atoms with van der Waals surface area (Å²) in [4.78, 5) is 16.8. The van der Waals surface area contributed by atoms with E-state index in [4.69, 9.17) is 0 Å². The third-order valence-corrected chi connectivity index (χ3v) is 4.04. The first-order valence-electron chi connectivity index (χ1n) is 6.87. The van der Waals surface area contributed by atoms with Gasteiger partial charge in [-0.1, -0.05) is 0 Å². The van der Waals surface area contributed by atoms with E-state index in [0.717, 1.165) is 52.0 Å². The fraction of sp³-hybridized carbons (Fsp3) is 0.923. The quantitative estimate of drug-likeness (QED) is 0.725. The molecular weight excluding hydrogens is 214 g/mol. The van der Waals surface area contributed by atoms with E-state index in [1.165, 1.54) is 0 Å². The average Bonchev–Trinajstić information content (AvgIpc) is 2.54. The normalized spacial score (nSPS) is 32.2. The van der Waals surface area contributed by atoms with E-state index in [9.17, 15) is 4.79 Å². The van der Waals surface area contributed by atoms with E-state index in [1.807, 2.05) is 0 Å². The first-order chi connectivity index (χ1) is 8.16. The van der Waals surface area contributed by atoms with Crippen molar-refractivity contribution in [3.05, 3.63) is 0 Å². The van der Waals surface area contributed by atoms with Gasteiger partial charge in [-0.25, -0.2) is 0 Å². The van der Waals surface area contributed by atoms with E-state index in [0.29, 0.717) is 11.9 Å². The van der Waals surface area contributed by atoms with Crippen LogP contribution in [-0.2, 0) is 4.79 Å². The first kappa shape index (κ1) is 12.8. The van der Waals surface area contributed by atoms with Crippen molar-refractivity contribution >= 4 is 5.91 Å². The number of likely N-dealkylation sites (N-methyl/N-ethyl adjacent to an activating group) is 1. The molecule has 98 valence electrons. The number of nitrogens with one attached hydrogen (secondary N) is 1. The Morgan fingerprint density at radius 3 is 2.71 bits per heavy atom. The molecule has 2 atom stereocenters. The SMILES string of the molecule is CC1CCC(C(=O)N2CCCN(C)CC2)CN1. The van der Waals surface area contributed by atoms with Gasteiger partial charge in [0.2, 0.25) is 5.91 Å². The number of hydrogen-bond donors (Lipinski definition) is 1. The largest absolute Gasteiger partial charge is 0.341 e. The molecule has 0 aromatic carbocycles. The van der Waals surface area contributed by atoms with Crippen LogP contribution in [0.3, 0.4) is 0 Å². The van der Waals surface area contributed by atoms with Crippen LogP contribution in [0.1, 0.15) is 26.2 Å². The number of hydrogen-bond acceptors (Lipinski definition) is 3. The predicted octanol–water partition coefficient (Wildman–Crippen LogP) is 0.539. The zero-order valence-corrected chi connectivity index (χ0v) is 11.1. The lowest BCUT2D eigenvalue weighted by Gasteiger charge is -2.31. The molecule has 2 heterocycles. The van der Waals surface area contributed by atoms with E-state index >= 15 is 0 Å². The van der Waals surface area contributed by atoms with Gasteiger partial charge in [-0.15, -0.1) is 0 Å². The second-order valence-corrected chi connectivity index (χ2v) is 5.57. The van der Waals surface area contributed by atoms with Crippen molar-refractivity contribution in [3.63, 3.8) is 0 Å². The molecule has 4 nitrogen and oxygen atoms in total. The molecule has 2 rings (SSSR count). The number of nitrogens with zero attached hydrogens (tertiary/aromatic N) is 2. The van der Waals surface area contributed by atoms with Crippen molar-refractivity contribution in [1.82, 2.24) is 15.1 Å². The topological polar surface area (TPSA) is 35.6 Å². The summed E-state index contributed by atoms with van der Waals surface area (Å²) in [7, 11) is 2.14. The summed E-state index contributed by atoms with van der Waals surface area (Å²) in [5, 5.41) is 3.42. The summed E-state index contributed by atoms with van der Waals surface area (Å²) in [6, 6.07) is 0.578. The third-order valence-electron chi connectivity index (χ3n) is 4.04. The molecule has 4 heteroatoms. The van der Waals surface area contributed by atoms with Crippen LogP contribution in [-0.4, -0.2) is 61.5 Å². The third kappa shape index (κ3) is 3.42. The molecular formula is C13H25N3O. The van der Waals surface area contributed by atoms with Crippen LogP contribution in [0.2, 0.25) is 0 Å². The van der Waals surface area contributed by atoms with Crippen molar-refractivity contribution in [2.75, 3.05) is 39.8 Å². The zero-order valence-electron chi connectivity index (χ0n) is 11.1. The van der Waals surface area contributed by atoms with Gasteiger partial charge >= 0.3 is 0 Å². The van der Waals surface area contributed by atoms with Gasteiger partial charge in [0.05, 0.1) is 5.92 Å². The zero-order chi connectivity index (χ0) is 12.3. The highest BCUT2D eigenvalue weighted by Gasteiger charge is 2.28. The van der Waals surface area contributed by atoms with Crippen molar-refractivity contribution in [2.24, 2.45) is 5.92 Å². The van der Waals surface area contributed by atoms with Gasteiger partial charge in [0, 0.05) is 32.2 Å². The standard InChI is InChI=1S/C13H25N3O/c1-11-4-5-12(10-14-11)13(17)16-7-3-6-15(2)8-9-16/h11-12,14H,3-10H2,1-2H3. The van der Waals surface area contributed by atoms with Gasteiger partial charge in [0.25, 0.3) is 0 Å². The molecule has 0 aromatic rings. The molecule has 1 amide bonds. The maximum atomic E-state index is 12.4. The maximum Gasteiger partial charge on any atom is 0.227 e. The lowest BCUT2D eigenvalue weighted by Crippen LogP contribution is -2.46. The maximum absolute atomic E-state index is 12.4. The lowest BCUT2D eigenvalue weighted by atomic mass is 9.94. The molecule has 2 aliphatic heterocycles. The minimum Gasteiger partial charge on any atom is -0.341 e. The molecule has 2 fully saturated rings. The Labute approximate surface area is 104 Å². The Balaban J connectivity index is 1.86. The minimum absolute atomic E-state index is 0.217. The van der Waals surface area contributed by atoms with Crippen molar-refractivity contribution in [1.29, 1.82) is 0 Å². The first-order valence-corrected chi connectivity index (χ1v) is 6.87. The summed E-state index contributed by atoms with van der Waals surface area (Å²) in [5.41, 5.74) is 0. The van der Waals surface area contributed by atoms with Crippen molar-refractivity contribution in [3.8, 4) is 0 Å². The fourth-order valence-corrected chi connectivity index (χ4v) is 2.73. The highest BCUT2D eigenvalue weighted by molar-refractivity contribution is 5.79. The monoisotopic (exact) mass is 239 g/mol. The summed E-state index contributed by atoms with van der Waals surface area (Å²) in [6.07, 6.45) is 3.29. The number of rotatable bonds is 1. The van der Waals surface area contributed by atoms with E-state index in [1.54, 1.807) is 0 Å². The molecule has 2 aliphatic rings. The van der Waals surface area contributed by atoms with Crippen molar-refractivity contribution in [2.45, 2.75) is 32.2 Å². The molecule has 1 N–H and O–H groups in total. The van der Waals surface area contributed by atoms with Gasteiger partial charge in [-0.2, -0.15) is 0 Å². The Hall–Kier alpha value is -0.610. The fourth-order valence-electron chi connectivity index (χ4n) is 2.73. The van der Waals surface area contributed by atoms with Gasteiger partial charge in [0.15, 0.2) is 0 Å². The van der Waals surface area contributed by atoms with Crippen LogP contribution in [0, 0.1) is 5.92 Å². The Bertz CT molecular complexity index is 261. The molecule has 0 aliphatic carbocycles. The highest BCUT2D eigenvalue weighted by Crippen LogP contribution is 2.17. The summed E-state index contributed by atoms with van der Waals surface area (Å²) in [6.45, 7) is 7.04. The van der Waals surface area contributed by atoms with Crippen LogP contribution < -0.4 is 5.32 Å². The van der Waals surface area contributed by atoms with E-state index in [2.05, 4.69) is 29.1 Å². The summed E-state index contributed by atoms with van der Waals surface area (Å²) >= 11 is 0. The molecule has 2 unspecified atom stereocenters. The number of amides is 1. The molecule has 17 heavy (non-hydrogen) atoms. The van der Waals surface area contributed by atoms with Crippen LogP contribution in [0.5, 0.6) is 0 Å². The smallest absolute Gasteiger partial charge is 0.227 e. The van der Waals surface area contributed by atoms with Crippen LogP contribution in [0.4, 0.5) is 0 Å². The molecule has 0 bridgehead atoms. The predicted molar refractivity (Wildman–Crippen MR) is 68.9 cm³/mol. The molecule has 0 radical (unpaired) electrons. The Morgan fingerprint density at radius 2 is 2.00 bits per heavy atom. The van der Waals surface area contributed by atoms with Crippen LogP contribution in [0.15, 0.2) is 0 Å². The molecule has 0 saturated carbocycles. The molecule has 2 saturated heterocycles. The van der Waals surface area contributed by atoms with E-state index in [-0.39, 0.29) is 5.92 Å². The molecule has 0 aromatic heterocycles. The van der Waals surface area contributed by atoms with Crippen LogP contribution >= 0.6 is 0 Å². The summed E-state index contributed by atoms with van der Waals surface area (Å²) < 4.78 is 0. The lowest BCUT2D eigenvalue weighted by molar-refractivity contribution is -0.136.